The summed E-state index contributed by atoms with van der Waals surface area (Å²) in [6.07, 6.45) is 0. The van der Waals surface area contributed by atoms with Crippen LogP contribution in [0.2, 0.25) is 0 Å². The predicted molar refractivity (Wildman–Crippen MR) is 119 cm³/mol. The predicted octanol–water partition coefficient (Wildman–Crippen LogP) is 2.54. The molecule has 0 saturated carbocycles. The summed E-state index contributed by atoms with van der Waals surface area (Å²) in [6.45, 7) is 4.21. The molecule has 1 aliphatic rings. The molecule has 2 aromatic carbocycles. The molecule has 2 aromatic rings. The summed E-state index contributed by atoms with van der Waals surface area (Å²) in [7, 11) is 4.55. The lowest BCUT2D eigenvalue weighted by Gasteiger charge is -2.36. The van der Waals surface area contributed by atoms with Gasteiger partial charge in [0.05, 0.1) is 21.3 Å². The molecule has 3 rings (SSSR count). The van der Waals surface area contributed by atoms with Crippen LogP contribution in [0.5, 0.6) is 17.2 Å². The summed E-state index contributed by atoms with van der Waals surface area (Å²) in [5.41, 5.74) is 1.68. The summed E-state index contributed by atoms with van der Waals surface area (Å²) in [5, 5.41) is 3.24. The SMILES string of the molecule is COc1cc(C(=O)NC(=S)N2CCN(Cc3ccccc3)CC2)cc(OC)c1OC. The van der Waals surface area contributed by atoms with Gasteiger partial charge in [-0.3, -0.25) is 15.0 Å². The first kappa shape index (κ1) is 21.9. The van der Waals surface area contributed by atoms with Gasteiger partial charge in [0.25, 0.3) is 5.91 Å². The van der Waals surface area contributed by atoms with E-state index in [2.05, 4.69) is 34.5 Å². The van der Waals surface area contributed by atoms with Gasteiger partial charge in [-0.25, -0.2) is 0 Å². The third kappa shape index (κ3) is 5.20. The third-order valence-electron chi connectivity index (χ3n) is 5.06. The Labute approximate surface area is 182 Å². The molecule has 7 nitrogen and oxygen atoms in total. The van der Waals surface area contributed by atoms with Gasteiger partial charge in [-0.2, -0.15) is 0 Å². The van der Waals surface area contributed by atoms with Crippen molar-refractivity contribution >= 4 is 23.2 Å². The number of benzene rings is 2. The first-order valence-corrected chi connectivity index (χ1v) is 10.1. The Morgan fingerprint density at radius 2 is 1.57 bits per heavy atom. The number of ether oxygens (including phenoxy) is 3. The van der Waals surface area contributed by atoms with Gasteiger partial charge in [-0.1, -0.05) is 30.3 Å². The van der Waals surface area contributed by atoms with Gasteiger partial charge in [-0.05, 0) is 29.9 Å². The van der Waals surface area contributed by atoms with E-state index in [1.165, 1.54) is 26.9 Å². The molecule has 0 spiro atoms. The van der Waals surface area contributed by atoms with Gasteiger partial charge in [0.2, 0.25) is 5.75 Å². The Balaban J connectivity index is 1.58. The van der Waals surface area contributed by atoms with Crippen LogP contribution in [0.25, 0.3) is 0 Å². The summed E-state index contributed by atoms with van der Waals surface area (Å²) in [4.78, 5) is 17.2. The van der Waals surface area contributed by atoms with Crippen LogP contribution in [-0.2, 0) is 6.54 Å². The molecule has 1 N–H and O–H groups in total. The second kappa shape index (κ2) is 10.3. The highest BCUT2D eigenvalue weighted by Crippen LogP contribution is 2.38. The van der Waals surface area contributed by atoms with Crippen LogP contribution in [0.15, 0.2) is 42.5 Å². The number of rotatable bonds is 6. The lowest BCUT2D eigenvalue weighted by molar-refractivity contribution is 0.0968. The van der Waals surface area contributed by atoms with Crippen LogP contribution >= 0.6 is 12.2 Å². The van der Waals surface area contributed by atoms with Crippen molar-refractivity contribution in [3.8, 4) is 17.2 Å². The number of amides is 1. The molecule has 1 amide bonds. The quantitative estimate of drug-likeness (QED) is 0.708. The number of piperazine rings is 1. The van der Waals surface area contributed by atoms with E-state index in [1.807, 2.05) is 11.0 Å². The molecular weight excluding hydrogens is 402 g/mol. The zero-order valence-corrected chi connectivity index (χ0v) is 18.3. The molecule has 160 valence electrons. The minimum Gasteiger partial charge on any atom is -0.493 e. The van der Waals surface area contributed by atoms with E-state index < -0.39 is 0 Å². The minimum atomic E-state index is -0.314. The normalized spacial score (nSPS) is 14.2. The van der Waals surface area contributed by atoms with Crippen molar-refractivity contribution in [1.82, 2.24) is 15.1 Å². The highest BCUT2D eigenvalue weighted by atomic mass is 32.1. The highest BCUT2D eigenvalue weighted by molar-refractivity contribution is 7.80. The number of thiocarbonyl (C=S) groups is 1. The zero-order valence-electron chi connectivity index (χ0n) is 17.5. The Hall–Kier alpha value is -2.84. The zero-order chi connectivity index (χ0) is 21.5. The Kier molecular flexibility index (Phi) is 7.48. The topological polar surface area (TPSA) is 63.3 Å². The van der Waals surface area contributed by atoms with Crippen molar-refractivity contribution in [2.75, 3.05) is 47.5 Å². The lowest BCUT2D eigenvalue weighted by atomic mass is 10.1. The molecular formula is C22H27N3O4S. The van der Waals surface area contributed by atoms with Gasteiger partial charge in [0, 0.05) is 38.3 Å². The second-order valence-electron chi connectivity index (χ2n) is 6.92. The van der Waals surface area contributed by atoms with Crippen LogP contribution in [0.1, 0.15) is 15.9 Å². The van der Waals surface area contributed by atoms with E-state index in [1.54, 1.807) is 12.1 Å². The van der Waals surface area contributed by atoms with E-state index in [9.17, 15) is 4.79 Å². The molecule has 30 heavy (non-hydrogen) atoms. The molecule has 0 unspecified atom stereocenters. The second-order valence-corrected chi connectivity index (χ2v) is 7.31. The molecule has 0 atom stereocenters. The van der Waals surface area contributed by atoms with Gasteiger partial charge in [0.1, 0.15) is 0 Å². The van der Waals surface area contributed by atoms with Crippen LogP contribution in [0.3, 0.4) is 0 Å². The fourth-order valence-corrected chi connectivity index (χ4v) is 3.69. The largest absolute Gasteiger partial charge is 0.493 e. The van der Waals surface area contributed by atoms with Crippen molar-refractivity contribution in [2.24, 2.45) is 0 Å². The number of nitrogens with zero attached hydrogens (tertiary/aromatic N) is 2. The number of carbonyl (C=O) groups excluding carboxylic acids is 1. The van der Waals surface area contributed by atoms with Gasteiger partial charge in [0.15, 0.2) is 16.6 Å². The van der Waals surface area contributed by atoms with E-state index in [0.29, 0.717) is 27.9 Å². The van der Waals surface area contributed by atoms with Crippen molar-refractivity contribution in [3.05, 3.63) is 53.6 Å². The first-order chi connectivity index (χ1) is 14.5. The Morgan fingerprint density at radius 3 is 2.10 bits per heavy atom. The van der Waals surface area contributed by atoms with Crippen LogP contribution in [-0.4, -0.2) is 68.3 Å². The molecule has 8 heteroatoms. The molecule has 0 aliphatic carbocycles. The highest BCUT2D eigenvalue weighted by Gasteiger charge is 2.22. The van der Waals surface area contributed by atoms with Crippen molar-refractivity contribution in [1.29, 1.82) is 0 Å². The van der Waals surface area contributed by atoms with Gasteiger partial charge < -0.3 is 19.1 Å². The maximum absolute atomic E-state index is 12.8. The number of hydrogen-bond donors (Lipinski definition) is 1. The van der Waals surface area contributed by atoms with Gasteiger partial charge >= 0.3 is 0 Å². The summed E-state index contributed by atoms with van der Waals surface area (Å²) in [6, 6.07) is 13.6. The minimum absolute atomic E-state index is 0.314. The molecule has 0 aromatic heterocycles. The Morgan fingerprint density at radius 1 is 0.967 bits per heavy atom. The number of nitrogens with one attached hydrogen (secondary N) is 1. The Bertz CT molecular complexity index is 858. The molecule has 1 heterocycles. The van der Waals surface area contributed by atoms with Crippen molar-refractivity contribution in [2.45, 2.75) is 6.54 Å². The fourth-order valence-electron chi connectivity index (χ4n) is 3.41. The van der Waals surface area contributed by atoms with E-state index in [-0.39, 0.29) is 5.91 Å². The molecule has 0 bridgehead atoms. The fraction of sp³-hybridized carbons (Fsp3) is 0.364. The number of hydrogen-bond acceptors (Lipinski definition) is 6. The first-order valence-electron chi connectivity index (χ1n) is 9.72. The van der Waals surface area contributed by atoms with Gasteiger partial charge in [-0.15, -0.1) is 0 Å². The summed E-state index contributed by atoms with van der Waals surface area (Å²) >= 11 is 5.48. The molecule has 0 radical (unpaired) electrons. The molecule has 1 fully saturated rings. The molecule has 1 saturated heterocycles. The standard InChI is InChI=1S/C22H27N3O4S/c1-27-18-13-17(14-19(28-2)20(18)29-3)21(26)23-22(30)25-11-9-24(10-12-25)15-16-7-5-4-6-8-16/h4-8,13-14H,9-12,15H2,1-3H3,(H,23,26,30). The average Bonchev–Trinajstić information content (AvgIpc) is 2.79. The maximum Gasteiger partial charge on any atom is 0.257 e. The maximum atomic E-state index is 12.8. The summed E-state index contributed by atoms with van der Waals surface area (Å²) < 4.78 is 15.9. The third-order valence-corrected chi connectivity index (χ3v) is 5.42. The monoisotopic (exact) mass is 429 g/mol. The lowest BCUT2D eigenvalue weighted by Crippen LogP contribution is -2.52. The smallest absolute Gasteiger partial charge is 0.257 e. The van der Waals surface area contributed by atoms with Crippen molar-refractivity contribution in [3.63, 3.8) is 0 Å². The van der Waals surface area contributed by atoms with Crippen molar-refractivity contribution < 1.29 is 19.0 Å². The van der Waals surface area contributed by atoms with E-state index in [4.69, 9.17) is 26.4 Å². The van der Waals surface area contributed by atoms with Crippen LogP contribution < -0.4 is 19.5 Å². The molecule has 1 aliphatic heterocycles. The number of methoxy groups -OCH3 is 3. The van der Waals surface area contributed by atoms with E-state index >= 15 is 0 Å². The average molecular weight is 430 g/mol. The van der Waals surface area contributed by atoms with E-state index in [0.717, 1.165) is 32.7 Å². The van der Waals surface area contributed by atoms with Crippen LogP contribution in [0, 0.1) is 0 Å². The number of carbonyl (C=O) groups is 1. The summed E-state index contributed by atoms with van der Waals surface area (Å²) in [5.74, 6) is 0.963. The van der Waals surface area contributed by atoms with Crippen LogP contribution in [0.4, 0.5) is 0 Å².